The van der Waals surface area contributed by atoms with Gasteiger partial charge in [0.05, 0.1) is 17.2 Å². The molecule has 2 aromatic carbocycles. The van der Waals surface area contributed by atoms with Crippen molar-refractivity contribution in [2.75, 3.05) is 0 Å². The maximum Gasteiger partial charge on any atom is 0.416 e. The summed E-state index contributed by atoms with van der Waals surface area (Å²) in [5, 5.41) is 0. The highest BCUT2D eigenvalue weighted by Gasteiger charge is 2.31. The van der Waals surface area contributed by atoms with Crippen LogP contribution in [0.4, 0.5) is 13.2 Å². The van der Waals surface area contributed by atoms with E-state index in [1.165, 1.54) is 12.1 Å². The molecule has 0 spiro atoms. The third kappa shape index (κ3) is 3.82. The molecule has 0 aliphatic rings. The van der Waals surface area contributed by atoms with Crippen molar-refractivity contribution in [1.29, 1.82) is 0 Å². The van der Waals surface area contributed by atoms with E-state index in [0.29, 0.717) is 17.7 Å². The summed E-state index contributed by atoms with van der Waals surface area (Å²) in [7, 11) is 0. The van der Waals surface area contributed by atoms with Crippen LogP contribution in [-0.2, 0) is 12.6 Å². The van der Waals surface area contributed by atoms with E-state index in [2.05, 4.69) is 4.98 Å². The van der Waals surface area contributed by atoms with Crippen molar-refractivity contribution in [1.82, 2.24) is 4.98 Å². The third-order valence-corrected chi connectivity index (χ3v) is 3.74. The van der Waals surface area contributed by atoms with E-state index < -0.39 is 11.7 Å². The molecule has 0 N–H and O–H groups in total. The van der Waals surface area contributed by atoms with E-state index in [4.69, 9.17) is 0 Å². The van der Waals surface area contributed by atoms with Crippen LogP contribution in [0.15, 0.2) is 79.0 Å². The van der Waals surface area contributed by atoms with Crippen molar-refractivity contribution in [3.8, 4) is 0 Å². The minimum atomic E-state index is -4.36. The van der Waals surface area contributed by atoms with E-state index in [0.717, 1.165) is 17.5 Å². The lowest BCUT2D eigenvalue weighted by molar-refractivity contribution is -0.137. The van der Waals surface area contributed by atoms with Gasteiger partial charge in [0, 0.05) is 6.20 Å². The van der Waals surface area contributed by atoms with Crippen molar-refractivity contribution in [3.63, 3.8) is 0 Å². The van der Waals surface area contributed by atoms with Crippen LogP contribution in [0, 0.1) is 5.92 Å². The second-order valence-corrected chi connectivity index (χ2v) is 5.43. The Kier molecular flexibility index (Phi) is 4.65. The lowest BCUT2D eigenvalue weighted by Crippen LogP contribution is -2.11. The molecule has 0 bridgehead atoms. The maximum absolute atomic E-state index is 13.0. The van der Waals surface area contributed by atoms with Gasteiger partial charge in [0.25, 0.3) is 0 Å². The molecule has 0 aliphatic carbocycles. The fraction of sp³-hybridized carbons (Fsp3) is 0.100. The van der Waals surface area contributed by atoms with Crippen LogP contribution in [0.1, 0.15) is 22.4 Å². The summed E-state index contributed by atoms with van der Waals surface area (Å²) >= 11 is 0. The summed E-state index contributed by atoms with van der Waals surface area (Å²) in [6, 6.07) is 20.5. The van der Waals surface area contributed by atoms with Crippen LogP contribution in [0.5, 0.6) is 0 Å². The van der Waals surface area contributed by atoms with Gasteiger partial charge < -0.3 is 0 Å². The molecule has 0 unspecified atom stereocenters. The number of benzene rings is 2. The lowest BCUT2D eigenvalue weighted by atomic mass is 9.88. The Morgan fingerprint density at radius 1 is 0.833 bits per heavy atom. The highest BCUT2D eigenvalue weighted by atomic mass is 19.4. The molecule has 3 aromatic rings. The Bertz CT molecular complexity index is 783. The number of aromatic nitrogens is 1. The number of pyridine rings is 1. The number of hydrogen-bond acceptors (Lipinski definition) is 1. The average molecular weight is 326 g/mol. The van der Waals surface area contributed by atoms with E-state index in [-0.39, 0.29) is 0 Å². The van der Waals surface area contributed by atoms with Gasteiger partial charge in [0.2, 0.25) is 0 Å². The largest absolute Gasteiger partial charge is 0.416 e. The summed E-state index contributed by atoms with van der Waals surface area (Å²) in [4.78, 5) is 4.33. The van der Waals surface area contributed by atoms with Gasteiger partial charge in [-0.3, -0.25) is 4.98 Å². The van der Waals surface area contributed by atoms with E-state index in [1.807, 2.05) is 42.5 Å². The summed E-state index contributed by atoms with van der Waals surface area (Å²) in [6.07, 6.45) is -2.20. The summed E-state index contributed by atoms with van der Waals surface area (Å²) in [5.74, 6) is 0.771. The van der Waals surface area contributed by atoms with Gasteiger partial charge in [-0.05, 0) is 35.7 Å². The Balaban J connectivity index is 2.02. The van der Waals surface area contributed by atoms with Gasteiger partial charge >= 0.3 is 6.18 Å². The Hall–Kier alpha value is -2.62. The predicted octanol–water partition coefficient (Wildman–Crippen LogP) is 5.31. The maximum atomic E-state index is 13.0. The van der Waals surface area contributed by atoms with Crippen LogP contribution in [0.25, 0.3) is 0 Å². The molecule has 121 valence electrons. The first-order chi connectivity index (χ1) is 11.5. The van der Waals surface area contributed by atoms with Crippen LogP contribution in [-0.4, -0.2) is 4.98 Å². The smallest absolute Gasteiger partial charge is 0.260 e. The van der Waals surface area contributed by atoms with Gasteiger partial charge in [-0.2, -0.15) is 13.2 Å². The number of hydrogen-bond donors (Lipinski definition) is 0. The highest BCUT2D eigenvalue weighted by molar-refractivity contribution is 5.46. The summed E-state index contributed by atoms with van der Waals surface area (Å²) in [5.41, 5.74) is 1.59. The monoisotopic (exact) mass is 326 g/mol. The minimum Gasteiger partial charge on any atom is -0.260 e. The van der Waals surface area contributed by atoms with E-state index in [1.54, 1.807) is 18.3 Å². The first kappa shape index (κ1) is 16.2. The fourth-order valence-corrected chi connectivity index (χ4v) is 2.56. The molecule has 1 radical (unpaired) electrons. The first-order valence-electron chi connectivity index (χ1n) is 7.53. The molecule has 1 heterocycles. The molecule has 0 saturated heterocycles. The number of halogens is 3. The van der Waals surface area contributed by atoms with Crippen molar-refractivity contribution >= 4 is 0 Å². The quantitative estimate of drug-likeness (QED) is 0.633. The molecule has 0 amide bonds. The van der Waals surface area contributed by atoms with E-state index >= 15 is 0 Å². The summed E-state index contributed by atoms with van der Waals surface area (Å²) < 4.78 is 39.1. The van der Waals surface area contributed by atoms with E-state index in [9.17, 15) is 13.2 Å². The Morgan fingerprint density at radius 2 is 1.58 bits per heavy atom. The second-order valence-electron chi connectivity index (χ2n) is 5.43. The van der Waals surface area contributed by atoms with Crippen LogP contribution >= 0.6 is 0 Å². The highest BCUT2D eigenvalue weighted by Crippen LogP contribution is 2.33. The standard InChI is InChI=1S/C20H15F3N/c21-20(22,23)17-10-6-9-16(14-17)18(19-11-4-5-12-24-19)13-15-7-2-1-3-8-15/h1-12,14H,13H2. The molecular weight excluding hydrogens is 311 g/mol. The molecule has 0 fully saturated rings. The van der Waals surface area contributed by atoms with Crippen molar-refractivity contribution in [3.05, 3.63) is 107 Å². The topological polar surface area (TPSA) is 12.9 Å². The molecule has 0 saturated carbocycles. The minimum absolute atomic E-state index is 0.513. The molecule has 1 nitrogen and oxygen atoms in total. The number of rotatable bonds is 4. The number of nitrogens with zero attached hydrogens (tertiary/aromatic N) is 1. The molecule has 3 rings (SSSR count). The second kappa shape index (κ2) is 6.87. The molecule has 0 aliphatic heterocycles. The van der Waals surface area contributed by atoms with Gasteiger partial charge in [0.1, 0.15) is 0 Å². The van der Waals surface area contributed by atoms with Crippen LogP contribution in [0.2, 0.25) is 0 Å². The Morgan fingerprint density at radius 3 is 2.25 bits per heavy atom. The third-order valence-electron chi connectivity index (χ3n) is 3.74. The average Bonchev–Trinajstić information content (AvgIpc) is 2.61. The van der Waals surface area contributed by atoms with Crippen molar-refractivity contribution in [2.45, 2.75) is 12.6 Å². The molecule has 4 heteroatoms. The normalized spacial score (nSPS) is 11.7. The van der Waals surface area contributed by atoms with Crippen molar-refractivity contribution < 1.29 is 13.2 Å². The zero-order valence-corrected chi connectivity index (χ0v) is 12.8. The molecule has 24 heavy (non-hydrogen) atoms. The van der Waals surface area contributed by atoms with Gasteiger partial charge in [0.15, 0.2) is 0 Å². The SMILES string of the molecule is FC(F)(F)c1cccc([C](Cc2ccccc2)c2ccccn2)c1. The molecule has 1 aromatic heterocycles. The van der Waals surface area contributed by atoms with Gasteiger partial charge in [-0.25, -0.2) is 0 Å². The fourth-order valence-electron chi connectivity index (χ4n) is 2.56. The van der Waals surface area contributed by atoms with Crippen molar-refractivity contribution in [2.24, 2.45) is 0 Å². The summed E-state index contributed by atoms with van der Waals surface area (Å²) in [6.45, 7) is 0. The number of alkyl halides is 3. The first-order valence-corrected chi connectivity index (χ1v) is 7.53. The van der Waals surface area contributed by atoms with Gasteiger partial charge in [-0.15, -0.1) is 0 Å². The molecular formula is C20H15F3N. The molecule has 0 atom stereocenters. The lowest BCUT2D eigenvalue weighted by Gasteiger charge is -2.18. The zero-order valence-electron chi connectivity index (χ0n) is 12.8. The Labute approximate surface area is 138 Å². The van der Waals surface area contributed by atoms with Crippen LogP contribution in [0.3, 0.4) is 0 Å². The predicted molar refractivity (Wildman–Crippen MR) is 87.3 cm³/mol. The zero-order chi connectivity index (χ0) is 17.0. The van der Waals surface area contributed by atoms with Gasteiger partial charge in [-0.1, -0.05) is 54.6 Å². The van der Waals surface area contributed by atoms with Crippen LogP contribution < -0.4 is 0 Å².